The highest BCUT2D eigenvalue weighted by molar-refractivity contribution is 7.93. The van der Waals surface area contributed by atoms with Crippen LogP contribution in [0.15, 0.2) is 77.0 Å². The standard InChI is InChI=1S/C25H23NO4S2/c1-3-17-9-11-19(12-10-17)22-16-31-24(23(22)25(27)30-4-2)26-32(28,29)21-14-13-18-7-5-6-8-20(18)15-21/h5-16,26H,3-4H2,1-2H3. The van der Waals surface area contributed by atoms with Gasteiger partial charge in [-0.25, -0.2) is 13.2 Å². The fraction of sp³-hybridized carbons (Fsp3) is 0.160. The third kappa shape index (κ3) is 4.40. The summed E-state index contributed by atoms with van der Waals surface area (Å²) in [5.74, 6) is -0.556. The van der Waals surface area contributed by atoms with E-state index in [0.29, 0.717) is 5.56 Å². The lowest BCUT2D eigenvalue weighted by Gasteiger charge is -2.11. The van der Waals surface area contributed by atoms with Crippen molar-refractivity contribution >= 4 is 43.1 Å². The van der Waals surface area contributed by atoms with Crippen LogP contribution in [0, 0.1) is 0 Å². The minimum absolute atomic E-state index is 0.133. The summed E-state index contributed by atoms with van der Waals surface area (Å²) < 4.78 is 34.2. The number of rotatable bonds is 7. The topological polar surface area (TPSA) is 72.5 Å². The van der Waals surface area contributed by atoms with Crippen molar-refractivity contribution in [2.45, 2.75) is 25.2 Å². The van der Waals surface area contributed by atoms with Gasteiger partial charge in [0.15, 0.2) is 0 Å². The molecule has 0 aliphatic heterocycles. The lowest BCUT2D eigenvalue weighted by molar-refractivity contribution is 0.0529. The predicted molar refractivity (Wildman–Crippen MR) is 130 cm³/mol. The second-order valence-electron chi connectivity index (χ2n) is 7.24. The molecule has 32 heavy (non-hydrogen) atoms. The summed E-state index contributed by atoms with van der Waals surface area (Å²) in [6.07, 6.45) is 0.908. The number of carbonyl (C=O) groups is 1. The molecule has 0 radical (unpaired) electrons. The summed E-state index contributed by atoms with van der Waals surface area (Å²) in [7, 11) is -3.90. The van der Waals surface area contributed by atoms with Gasteiger partial charge in [-0.3, -0.25) is 4.72 Å². The van der Waals surface area contributed by atoms with Gasteiger partial charge in [-0.05, 0) is 47.4 Å². The fourth-order valence-electron chi connectivity index (χ4n) is 3.49. The van der Waals surface area contributed by atoms with Crippen molar-refractivity contribution in [3.63, 3.8) is 0 Å². The molecule has 0 fully saturated rings. The van der Waals surface area contributed by atoms with Crippen molar-refractivity contribution in [1.82, 2.24) is 0 Å². The number of thiophene rings is 1. The molecule has 7 heteroatoms. The molecule has 1 heterocycles. The monoisotopic (exact) mass is 465 g/mol. The van der Waals surface area contributed by atoms with Gasteiger partial charge < -0.3 is 4.74 Å². The maximum Gasteiger partial charge on any atom is 0.341 e. The summed E-state index contributed by atoms with van der Waals surface area (Å²) in [5, 5.41) is 3.80. The number of hydrogen-bond acceptors (Lipinski definition) is 5. The van der Waals surface area contributed by atoms with E-state index in [2.05, 4.69) is 11.6 Å². The zero-order valence-electron chi connectivity index (χ0n) is 17.8. The number of sulfonamides is 1. The van der Waals surface area contributed by atoms with Crippen molar-refractivity contribution in [3.05, 3.63) is 83.2 Å². The molecular weight excluding hydrogens is 442 g/mol. The van der Waals surface area contributed by atoms with Crippen LogP contribution in [-0.4, -0.2) is 21.0 Å². The van der Waals surface area contributed by atoms with E-state index in [1.165, 1.54) is 16.9 Å². The van der Waals surface area contributed by atoms with Gasteiger partial charge in [0.2, 0.25) is 0 Å². The molecule has 1 aromatic heterocycles. The van der Waals surface area contributed by atoms with Crippen LogP contribution in [-0.2, 0) is 21.2 Å². The minimum atomic E-state index is -3.90. The Bertz CT molecular complexity index is 1370. The second kappa shape index (κ2) is 9.14. The number of hydrogen-bond donors (Lipinski definition) is 1. The van der Waals surface area contributed by atoms with Crippen molar-refractivity contribution in [1.29, 1.82) is 0 Å². The Morgan fingerprint density at radius 3 is 2.38 bits per heavy atom. The van der Waals surface area contributed by atoms with Crippen LogP contribution in [0.1, 0.15) is 29.8 Å². The SMILES string of the molecule is CCOC(=O)c1c(-c2ccc(CC)cc2)csc1NS(=O)(=O)c1ccc2ccccc2c1. The Morgan fingerprint density at radius 1 is 0.969 bits per heavy atom. The number of ether oxygens (including phenoxy) is 1. The second-order valence-corrected chi connectivity index (χ2v) is 9.80. The molecule has 0 spiro atoms. The predicted octanol–water partition coefficient (Wildman–Crippen LogP) is 6.11. The van der Waals surface area contributed by atoms with Crippen molar-refractivity contribution in [2.75, 3.05) is 11.3 Å². The molecule has 0 atom stereocenters. The van der Waals surface area contributed by atoms with Gasteiger partial charge >= 0.3 is 5.97 Å². The van der Waals surface area contributed by atoms with Crippen LogP contribution in [0.25, 0.3) is 21.9 Å². The molecular formula is C25H23NO4S2. The number of anilines is 1. The molecule has 0 amide bonds. The first kappa shape index (κ1) is 22.0. The van der Waals surface area contributed by atoms with E-state index in [1.807, 2.05) is 48.5 Å². The summed E-state index contributed by atoms with van der Waals surface area (Å²) in [4.78, 5) is 12.9. The van der Waals surface area contributed by atoms with Crippen molar-refractivity contribution in [3.8, 4) is 11.1 Å². The van der Waals surface area contributed by atoms with E-state index >= 15 is 0 Å². The van der Waals surface area contributed by atoms with Crippen LogP contribution >= 0.6 is 11.3 Å². The van der Waals surface area contributed by atoms with E-state index < -0.39 is 16.0 Å². The number of fused-ring (bicyclic) bond motifs is 1. The molecule has 4 rings (SSSR count). The molecule has 4 aromatic rings. The highest BCUT2D eigenvalue weighted by Gasteiger charge is 2.25. The smallest absolute Gasteiger partial charge is 0.341 e. The van der Waals surface area contributed by atoms with Crippen LogP contribution in [0.2, 0.25) is 0 Å². The van der Waals surface area contributed by atoms with Crippen molar-refractivity contribution in [2.24, 2.45) is 0 Å². The summed E-state index contributed by atoms with van der Waals surface area (Å²) in [6.45, 7) is 3.99. The molecule has 5 nitrogen and oxygen atoms in total. The first-order chi connectivity index (χ1) is 15.4. The van der Waals surface area contributed by atoms with Gasteiger partial charge in [-0.1, -0.05) is 61.5 Å². The number of nitrogens with one attached hydrogen (secondary N) is 1. The van der Waals surface area contributed by atoms with Crippen molar-refractivity contribution < 1.29 is 17.9 Å². The minimum Gasteiger partial charge on any atom is -0.462 e. The van der Waals surface area contributed by atoms with Crippen LogP contribution in [0.5, 0.6) is 0 Å². The van der Waals surface area contributed by atoms with E-state index in [1.54, 1.807) is 30.5 Å². The quantitative estimate of drug-likeness (QED) is 0.334. The maximum absolute atomic E-state index is 13.2. The number of aryl methyl sites for hydroxylation is 1. The average Bonchev–Trinajstić information content (AvgIpc) is 3.21. The van der Waals surface area contributed by atoms with Gasteiger partial charge in [-0.15, -0.1) is 11.3 Å². The van der Waals surface area contributed by atoms with E-state index in [4.69, 9.17) is 4.74 Å². The molecule has 0 unspecified atom stereocenters. The van der Waals surface area contributed by atoms with E-state index in [9.17, 15) is 13.2 Å². The zero-order valence-corrected chi connectivity index (χ0v) is 19.4. The number of esters is 1. The third-order valence-electron chi connectivity index (χ3n) is 5.20. The average molecular weight is 466 g/mol. The van der Waals surface area contributed by atoms with Crippen LogP contribution in [0.4, 0.5) is 5.00 Å². The molecule has 0 aliphatic rings. The van der Waals surface area contributed by atoms with Gasteiger partial charge in [0.05, 0.1) is 11.5 Å². The van der Waals surface area contributed by atoms with Gasteiger partial charge in [-0.2, -0.15) is 0 Å². The molecule has 0 aliphatic carbocycles. The zero-order chi connectivity index (χ0) is 22.7. The van der Waals surface area contributed by atoms with Gasteiger partial charge in [0.1, 0.15) is 10.6 Å². The molecule has 164 valence electrons. The number of carbonyl (C=O) groups excluding carboxylic acids is 1. The molecule has 0 bridgehead atoms. The fourth-order valence-corrected chi connectivity index (χ4v) is 5.80. The highest BCUT2D eigenvalue weighted by Crippen LogP contribution is 2.37. The first-order valence-electron chi connectivity index (χ1n) is 10.3. The Labute approximate surface area is 191 Å². The van der Waals surface area contributed by atoms with Crippen LogP contribution in [0.3, 0.4) is 0 Å². The largest absolute Gasteiger partial charge is 0.462 e. The first-order valence-corrected chi connectivity index (χ1v) is 12.7. The third-order valence-corrected chi connectivity index (χ3v) is 7.57. The molecule has 3 aromatic carbocycles. The lowest BCUT2D eigenvalue weighted by Crippen LogP contribution is -2.15. The molecule has 1 N–H and O–H groups in total. The molecule has 0 saturated carbocycles. The Balaban J connectivity index is 1.74. The Kier molecular flexibility index (Phi) is 6.30. The normalized spacial score (nSPS) is 11.4. The van der Waals surface area contributed by atoms with E-state index in [-0.39, 0.29) is 22.1 Å². The van der Waals surface area contributed by atoms with Gasteiger partial charge in [0, 0.05) is 10.9 Å². The summed E-state index contributed by atoms with van der Waals surface area (Å²) >= 11 is 1.17. The number of benzene rings is 3. The van der Waals surface area contributed by atoms with E-state index in [0.717, 1.165) is 22.8 Å². The Hall–Kier alpha value is -3.16. The summed E-state index contributed by atoms with van der Waals surface area (Å²) in [5.41, 5.74) is 2.88. The summed E-state index contributed by atoms with van der Waals surface area (Å²) in [6, 6.07) is 20.4. The van der Waals surface area contributed by atoms with Crippen LogP contribution < -0.4 is 4.72 Å². The molecule has 0 saturated heterocycles. The maximum atomic E-state index is 13.2. The van der Waals surface area contributed by atoms with Gasteiger partial charge in [0.25, 0.3) is 10.0 Å². The Morgan fingerprint density at radius 2 is 1.69 bits per heavy atom. The lowest BCUT2D eigenvalue weighted by atomic mass is 10.0. The highest BCUT2D eigenvalue weighted by atomic mass is 32.2.